The smallest absolute Gasteiger partial charge is 0.243 e. The fourth-order valence-electron chi connectivity index (χ4n) is 3.52. The van der Waals surface area contributed by atoms with Crippen LogP contribution < -0.4 is 10.1 Å². The van der Waals surface area contributed by atoms with Gasteiger partial charge in [0.15, 0.2) is 0 Å². The topological polar surface area (TPSA) is 75.7 Å². The van der Waals surface area contributed by atoms with Gasteiger partial charge >= 0.3 is 0 Å². The predicted molar refractivity (Wildman–Crippen MR) is 112 cm³/mol. The van der Waals surface area contributed by atoms with Gasteiger partial charge in [-0.25, -0.2) is 8.42 Å². The molecule has 2 aromatic carbocycles. The Morgan fingerprint density at radius 3 is 2.21 bits per heavy atom. The number of amides is 1. The van der Waals surface area contributed by atoms with Crippen LogP contribution in [-0.4, -0.2) is 38.8 Å². The molecule has 0 aromatic heterocycles. The highest BCUT2D eigenvalue weighted by atomic mass is 32.2. The Kier molecular flexibility index (Phi) is 6.59. The molecule has 29 heavy (non-hydrogen) atoms. The van der Waals surface area contributed by atoms with Crippen LogP contribution in [0.15, 0.2) is 53.4 Å². The highest BCUT2D eigenvalue weighted by Gasteiger charge is 2.32. The normalized spacial score (nSPS) is 16.9. The Hall–Kier alpha value is -2.38. The van der Waals surface area contributed by atoms with E-state index in [0.717, 1.165) is 5.56 Å². The minimum absolute atomic E-state index is 0.0143. The van der Waals surface area contributed by atoms with Crippen molar-refractivity contribution in [1.82, 2.24) is 9.62 Å². The number of hydrogen-bond acceptors (Lipinski definition) is 4. The Bertz CT molecular complexity index is 932. The van der Waals surface area contributed by atoms with E-state index in [0.29, 0.717) is 31.7 Å². The fraction of sp³-hybridized carbons (Fsp3) is 0.409. The summed E-state index contributed by atoms with van der Waals surface area (Å²) in [5.41, 5.74) is 2.24. The van der Waals surface area contributed by atoms with E-state index >= 15 is 0 Å². The van der Waals surface area contributed by atoms with E-state index < -0.39 is 10.0 Å². The van der Waals surface area contributed by atoms with Gasteiger partial charge in [-0.05, 0) is 56.5 Å². The third-order valence-electron chi connectivity index (χ3n) is 5.46. The molecule has 3 rings (SSSR count). The van der Waals surface area contributed by atoms with Crippen molar-refractivity contribution in [3.63, 3.8) is 0 Å². The van der Waals surface area contributed by atoms with Crippen LogP contribution in [0.1, 0.15) is 36.9 Å². The van der Waals surface area contributed by atoms with Crippen molar-refractivity contribution < 1.29 is 17.9 Å². The Balaban J connectivity index is 1.57. The van der Waals surface area contributed by atoms with Gasteiger partial charge in [0.1, 0.15) is 5.75 Å². The minimum Gasteiger partial charge on any atom is -0.497 e. The molecule has 0 saturated carbocycles. The Morgan fingerprint density at radius 1 is 1.07 bits per heavy atom. The van der Waals surface area contributed by atoms with Gasteiger partial charge < -0.3 is 10.1 Å². The molecule has 1 atom stereocenters. The molecule has 1 aliphatic rings. The summed E-state index contributed by atoms with van der Waals surface area (Å²) in [7, 11) is -2.02. The van der Waals surface area contributed by atoms with E-state index in [1.807, 2.05) is 38.1 Å². The van der Waals surface area contributed by atoms with E-state index in [2.05, 4.69) is 5.32 Å². The lowest BCUT2D eigenvalue weighted by molar-refractivity contribution is -0.126. The van der Waals surface area contributed by atoms with Crippen molar-refractivity contribution in [1.29, 1.82) is 0 Å². The third-order valence-corrected chi connectivity index (χ3v) is 7.37. The highest BCUT2D eigenvalue weighted by molar-refractivity contribution is 7.89. The van der Waals surface area contributed by atoms with Crippen molar-refractivity contribution in [3.05, 3.63) is 59.7 Å². The van der Waals surface area contributed by atoms with E-state index in [-0.39, 0.29) is 22.8 Å². The number of ether oxygens (including phenoxy) is 1. The first-order chi connectivity index (χ1) is 13.8. The summed E-state index contributed by atoms with van der Waals surface area (Å²) in [6.07, 6.45) is 1.03. The second-order valence-electron chi connectivity index (χ2n) is 7.49. The molecule has 1 saturated heterocycles. The number of benzene rings is 2. The van der Waals surface area contributed by atoms with Crippen LogP contribution in [0.25, 0.3) is 0 Å². The molecule has 0 radical (unpaired) electrons. The minimum atomic E-state index is -3.56. The maximum Gasteiger partial charge on any atom is 0.243 e. The van der Waals surface area contributed by atoms with Crippen LogP contribution in [-0.2, 0) is 14.8 Å². The maximum atomic E-state index is 12.8. The first kappa shape index (κ1) is 21.3. The zero-order valence-corrected chi connectivity index (χ0v) is 17.9. The van der Waals surface area contributed by atoms with Crippen LogP contribution in [0.5, 0.6) is 5.75 Å². The lowest BCUT2D eigenvalue weighted by Crippen LogP contribution is -2.43. The largest absolute Gasteiger partial charge is 0.497 e. The van der Waals surface area contributed by atoms with Gasteiger partial charge in [-0.1, -0.05) is 29.8 Å². The highest BCUT2D eigenvalue weighted by Crippen LogP contribution is 2.26. The van der Waals surface area contributed by atoms with Gasteiger partial charge in [0.25, 0.3) is 0 Å². The monoisotopic (exact) mass is 416 g/mol. The first-order valence-corrected chi connectivity index (χ1v) is 11.3. The number of rotatable bonds is 6. The van der Waals surface area contributed by atoms with Crippen LogP contribution in [0, 0.1) is 12.8 Å². The molecule has 0 aliphatic carbocycles. The molecule has 1 N–H and O–H groups in total. The standard InChI is InChI=1S/C22H28N2O4S/c1-16-4-6-18(7-5-16)17(2)23-22(25)19-12-14-24(15-13-19)29(26,27)21-10-8-20(28-3)9-11-21/h4-11,17,19H,12-15H2,1-3H3,(H,23,25). The third kappa shape index (κ3) is 4.97. The number of methoxy groups -OCH3 is 1. The van der Waals surface area contributed by atoms with Gasteiger partial charge in [0, 0.05) is 19.0 Å². The summed E-state index contributed by atoms with van der Waals surface area (Å²) >= 11 is 0. The fourth-order valence-corrected chi connectivity index (χ4v) is 4.99. The van der Waals surface area contributed by atoms with E-state index in [4.69, 9.17) is 4.74 Å². The van der Waals surface area contributed by atoms with E-state index in [1.54, 1.807) is 31.4 Å². The van der Waals surface area contributed by atoms with Gasteiger partial charge in [-0.2, -0.15) is 4.31 Å². The lowest BCUT2D eigenvalue weighted by atomic mass is 9.96. The number of hydrogen-bond donors (Lipinski definition) is 1. The molecule has 1 unspecified atom stereocenters. The molecule has 1 amide bonds. The summed E-state index contributed by atoms with van der Waals surface area (Å²) in [4.78, 5) is 12.9. The summed E-state index contributed by atoms with van der Waals surface area (Å²) in [6, 6.07) is 14.4. The number of aryl methyl sites for hydroxylation is 1. The SMILES string of the molecule is COc1ccc(S(=O)(=O)N2CCC(C(=O)NC(C)c3ccc(C)cc3)CC2)cc1. The number of carbonyl (C=O) groups excluding carboxylic acids is 1. The Labute approximate surface area is 172 Å². The van der Waals surface area contributed by atoms with Crippen molar-refractivity contribution in [3.8, 4) is 5.75 Å². The molecule has 1 fully saturated rings. The van der Waals surface area contributed by atoms with E-state index in [1.165, 1.54) is 9.87 Å². The molecule has 2 aromatic rings. The first-order valence-electron chi connectivity index (χ1n) is 9.82. The van der Waals surface area contributed by atoms with Crippen LogP contribution in [0.2, 0.25) is 0 Å². The van der Waals surface area contributed by atoms with Gasteiger partial charge in [-0.3, -0.25) is 4.79 Å². The van der Waals surface area contributed by atoms with Gasteiger partial charge in [0.05, 0.1) is 18.0 Å². The molecule has 0 spiro atoms. The summed E-state index contributed by atoms with van der Waals surface area (Å²) in [5.74, 6) is 0.423. The average Bonchev–Trinajstić information content (AvgIpc) is 2.74. The number of nitrogens with one attached hydrogen (secondary N) is 1. The second kappa shape index (κ2) is 8.97. The van der Waals surface area contributed by atoms with Gasteiger partial charge in [-0.15, -0.1) is 0 Å². The van der Waals surface area contributed by atoms with Gasteiger partial charge in [0.2, 0.25) is 15.9 Å². The molecule has 156 valence electrons. The Morgan fingerprint density at radius 2 is 1.66 bits per heavy atom. The van der Waals surface area contributed by atoms with Crippen LogP contribution in [0.4, 0.5) is 0 Å². The van der Waals surface area contributed by atoms with Crippen molar-refractivity contribution >= 4 is 15.9 Å². The van der Waals surface area contributed by atoms with Crippen molar-refractivity contribution in [2.45, 2.75) is 37.6 Å². The zero-order chi connectivity index (χ0) is 21.0. The molecular formula is C22H28N2O4S. The summed E-state index contributed by atoms with van der Waals surface area (Å²) in [6.45, 7) is 4.67. The number of piperidine rings is 1. The number of sulfonamides is 1. The number of nitrogens with zero attached hydrogens (tertiary/aromatic N) is 1. The zero-order valence-electron chi connectivity index (χ0n) is 17.1. The average molecular weight is 417 g/mol. The second-order valence-corrected chi connectivity index (χ2v) is 9.43. The molecule has 1 aliphatic heterocycles. The molecular weight excluding hydrogens is 388 g/mol. The summed E-state index contributed by atoms with van der Waals surface area (Å²) in [5, 5.41) is 3.06. The predicted octanol–water partition coefficient (Wildman–Crippen LogP) is 3.28. The number of carbonyl (C=O) groups is 1. The van der Waals surface area contributed by atoms with Crippen LogP contribution >= 0.6 is 0 Å². The van der Waals surface area contributed by atoms with Crippen molar-refractivity contribution in [2.24, 2.45) is 5.92 Å². The molecule has 6 nitrogen and oxygen atoms in total. The van der Waals surface area contributed by atoms with E-state index in [9.17, 15) is 13.2 Å². The lowest BCUT2D eigenvalue weighted by Gasteiger charge is -2.31. The molecule has 1 heterocycles. The molecule has 0 bridgehead atoms. The summed E-state index contributed by atoms with van der Waals surface area (Å²) < 4.78 is 32.2. The molecule has 7 heteroatoms. The van der Waals surface area contributed by atoms with Crippen molar-refractivity contribution in [2.75, 3.05) is 20.2 Å². The quantitative estimate of drug-likeness (QED) is 0.784. The maximum absolute atomic E-state index is 12.8. The van der Waals surface area contributed by atoms with Crippen LogP contribution in [0.3, 0.4) is 0 Å².